The van der Waals surface area contributed by atoms with Crippen LogP contribution in [-0.4, -0.2) is 31.3 Å². The zero-order valence-corrected chi connectivity index (χ0v) is 13.8. The second-order valence-corrected chi connectivity index (χ2v) is 4.92. The fourth-order valence-corrected chi connectivity index (χ4v) is 2.47. The molecule has 22 heavy (non-hydrogen) atoms. The summed E-state index contributed by atoms with van der Waals surface area (Å²) < 4.78 is 16.4. The fourth-order valence-electron chi connectivity index (χ4n) is 2.47. The number of benzene rings is 1. The summed E-state index contributed by atoms with van der Waals surface area (Å²) >= 11 is 0. The van der Waals surface area contributed by atoms with E-state index in [-0.39, 0.29) is 0 Å². The number of aryl methyl sites for hydroxylation is 2. The molecule has 5 heteroatoms. The number of rotatable bonds is 6. The van der Waals surface area contributed by atoms with Crippen LogP contribution in [0.3, 0.4) is 0 Å². The Morgan fingerprint density at radius 3 is 2.32 bits per heavy atom. The zero-order chi connectivity index (χ0) is 16.1. The minimum absolute atomic E-state index is 0.571. The Balaban J connectivity index is 2.69. The van der Waals surface area contributed by atoms with Crippen molar-refractivity contribution < 1.29 is 14.2 Å². The molecule has 0 amide bonds. The van der Waals surface area contributed by atoms with Crippen molar-refractivity contribution in [3.8, 4) is 28.5 Å². The van der Waals surface area contributed by atoms with E-state index in [0.717, 1.165) is 35.5 Å². The van der Waals surface area contributed by atoms with Crippen LogP contribution in [0.15, 0.2) is 18.3 Å². The van der Waals surface area contributed by atoms with Gasteiger partial charge in [-0.2, -0.15) is 0 Å². The molecule has 0 aliphatic rings. The smallest absolute Gasteiger partial charge is 0.203 e. The number of nitrogens with zero attached hydrogens (tertiary/aromatic N) is 2. The molecule has 0 spiro atoms. The highest BCUT2D eigenvalue weighted by atomic mass is 16.5. The van der Waals surface area contributed by atoms with Crippen LogP contribution in [0.4, 0.5) is 0 Å². The maximum Gasteiger partial charge on any atom is 0.203 e. The minimum Gasteiger partial charge on any atom is -0.493 e. The van der Waals surface area contributed by atoms with Crippen LogP contribution in [-0.2, 0) is 6.42 Å². The Morgan fingerprint density at radius 2 is 1.73 bits per heavy atom. The lowest BCUT2D eigenvalue weighted by Gasteiger charge is -2.17. The van der Waals surface area contributed by atoms with Crippen molar-refractivity contribution in [2.24, 2.45) is 0 Å². The molecule has 0 saturated carbocycles. The SMILES string of the molecule is CCCc1cnc(C)nc1-c1ccc(OC)c(OC)c1OC. The van der Waals surface area contributed by atoms with Gasteiger partial charge in [0, 0.05) is 11.8 Å². The summed E-state index contributed by atoms with van der Waals surface area (Å²) in [5, 5.41) is 0. The highest BCUT2D eigenvalue weighted by Crippen LogP contribution is 2.44. The van der Waals surface area contributed by atoms with Crippen LogP contribution in [0.5, 0.6) is 17.2 Å². The van der Waals surface area contributed by atoms with Gasteiger partial charge in [-0.05, 0) is 31.0 Å². The van der Waals surface area contributed by atoms with E-state index in [4.69, 9.17) is 14.2 Å². The molecule has 2 rings (SSSR count). The maximum absolute atomic E-state index is 5.57. The van der Waals surface area contributed by atoms with Gasteiger partial charge < -0.3 is 14.2 Å². The second kappa shape index (κ2) is 7.11. The molecule has 0 saturated heterocycles. The molecule has 0 N–H and O–H groups in total. The van der Waals surface area contributed by atoms with E-state index in [1.807, 2.05) is 25.3 Å². The summed E-state index contributed by atoms with van der Waals surface area (Å²) in [7, 11) is 4.82. The monoisotopic (exact) mass is 302 g/mol. The van der Waals surface area contributed by atoms with Crippen LogP contribution >= 0.6 is 0 Å². The van der Waals surface area contributed by atoms with Gasteiger partial charge >= 0.3 is 0 Å². The Bertz CT molecular complexity index is 657. The largest absolute Gasteiger partial charge is 0.493 e. The van der Waals surface area contributed by atoms with Crippen molar-refractivity contribution in [3.05, 3.63) is 29.7 Å². The molecule has 118 valence electrons. The topological polar surface area (TPSA) is 53.5 Å². The van der Waals surface area contributed by atoms with Crippen LogP contribution in [0.25, 0.3) is 11.3 Å². The molecule has 0 unspecified atom stereocenters. The Kier molecular flexibility index (Phi) is 5.20. The molecule has 0 aliphatic heterocycles. The maximum atomic E-state index is 5.57. The first-order valence-electron chi connectivity index (χ1n) is 7.28. The predicted octanol–water partition coefficient (Wildman–Crippen LogP) is 3.43. The van der Waals surface area contributed by atoms with Crippen LogP contribution in [0.2, 0.25) is 0 Å². The molecule has 1 aromatic carbocycles. The van der Waals surface area contributed by atoms with Gasteiger partial charge in [-0.1, -0.05) is 13.3 Å². The lowest BCUT2D eigenvalue weighted by Crippen LogP contribution is -2.02. The average Bonchev–Trinajstić information content (AvgIpc) is 2.55. The van der Waals surface area contributed by atoms with Gasteiger partial charge in [-0.3, -0.25) is 0 Å². The highest BCUT2D eigenvalue weighted by molar-refractivity contribution is 5.75. The van der Waals surface area contributed by atoms with Gasteiger partial charge in [0.15, 0.2) is 11.5 Å². The summed E-state index contributed by atoms with van der Waals surface area (Å²) in [5.41, 5.74) is 2.86. The van der Waals surface area contributed by atoms with Crippen molar-refractivity contribution >= 4 is 0 Å². The third-order valence-electron chi connectivity index (χ3n) is 3.46. The van der Waals surface area contributed by atoms with Crippen molar-refractivity contribution in [2.75, 3.05) is 21.3 Å². The van der Waals surface area contributed by atoms with Crippen molar-refractivity contribution in [1.82, 2.24) is 9.97 Å². The lowest BCUT2D eigenvalue weighted by molar-refractivity contribution is 0.325. The van der Waals surface area contributed by atoms with Crippen molar-refractivity contribution in [1.29, 1.82) is 0 Å². The molecule has 0 bridgehead atoms. The number of hydrogen-bond acceptors (Lipinski definition) is 5. The van der Waals surface area contributed by atoms with Crippen LogP contribution in [0.1, 0.15) is 24.7 Å². The summed E-state index contributed by atoms with van der Waals surface area (Å²) in [5.74, 6) is 2.55. The van der Waals surface area contributed by atoms with E-state index in [0.29, 0.717) is 17.2 Å². The molecular formula is C17H22N2O3. The summed E-state index contributed by atoms with van der Waals surface area (Å²) in [4.78, 5) is 8.92. The standard InChI is InChI=1S/C17H22N2O3/c1-6-7-12-10-18-11(2)19-15(12)13-8-9-14(20-3)17(22-5)16(13)21-4/h8-10H,6-7H2,1-5H3. The van der Waals surface area contributed by atoms with E-state index in [9.17, 15) is 0 Å². The van der Waals surface area contributed by atoms with Gasteiger partial charge in [-0.15, -0.1) is 0 Å². The third-order valence-corrected chi connectivity index (χ3v) is 3.46. The molecule has 0 atom stereocenters. The average molecular weight is 302 g/mol. The van der Waals surface area contributed by atoms with E-state index >= 15 is 0 Å². The van der Waals surface area contributed by atoms with Gasteiger partial charge in [0.1, 0.15) is 5.82 Å². The van der Waals surface area contributed by atoms with Gasteiger partial charge in [-0.25, -0.2) is 9.97 Å². The normalized spacial score (nSPS) is 10.4. The highest BCUT2D eigenvalue weighted by Gasteiger charge is 2.20. The summed E-state index contributed by atoms with van der Waals surface area (Å²) in [6, 6.07) is 3.81. The summed E-state index contributed by atoms with van der Waals surface area (Å²) in [6.45, 7) is 4.02. The molecule has 1 aromatic heterocycles. The number of aromatic nitrogens is 2. The fraction of sp³-hybridized carbons (Fsp3) is 0.412. The lowest BCUT2D eigenvalue weighted by atomic mass is 10.0. The first kappa shape index (κ1) is 16.1. The second-order valence-electron chi connectivity index (χ2n) is 4.92. The first-order valence-corrected chi connectivity index (χ1v) is 7.28. The molecule has 0 radical (unpaired) electrons. The van der Waals surface area contributed by atoms with Gasteiger partial charge in [0.05, 0.1) is 27.0 Å². The number of methoxy groups -OCH3 is 3. The van der Waals surface area contributed by atoms with Gasteiger partial charge in [0.25, 0.3) is 0 Å². The number of hydrogen-bond donors (Lipinski definition) is 0. The Hall–Kier alpha value is -2.30. The minimum atomic E-state index is 0.571. The van der Waals surface area contributed by atoms with E-state index in [1.165, 1.54) is 0 Å². The van der Waals surface area contributed by atoms with Crippen molar-refractivity contribution in [3.63, 3.8) is 0 Å². The summed E-state index contributed by atoms with van der Waals surface area (Å²) in [6.07, 6.45) is 3.82. The molecule has 0 aliphatic carbocycles. The first-order chi connectivity index (χ1) is 10.7. The molecular weight excluding hydrogens is 280 g/mol. The molecule has 1 heterocycles. The van der Waals surface area contributed by atoms with Crippen LogP contribution in [0, 0.1) is 6.92 Å². The van der Waals surface area contributed by atoms with E-state index in [2.05, 4.69) is 16.9 Å². The van der Waals surface area contributed by atoms with Gasteiger partial charge in [0.2, 0.25) is 5.75 Å². The van der Waals surface area contributed by atoms with E-state index < -0.39 is 0 Å². The zero-order valence-electron chi connectivity index (χ0n) is 13.8. The third kappa shape index (κ3) is 2.98. The quantitative estimate of drug-likeness (QED) is 0.818. The predicted molar refractivity (Wildman–Crippen MR) is 85.9 cm³/mol. The Morgan fingerprint density at radius 1 is 1.00 bits per heavy atom. The number of ether oxygens (including phenoxy) is 3. The van der Waals surface area contributed by atoms with Crippen LogP contribution < -0.4 is 14.2 Å². The Labute approximate surface area is 131 Å². The molecule has 5 nitrogen and oxygen atoms in total. The molecule has 2 aromatic rings. The van der Waals surface area contributed by atoms with E-state index in [1.54, 1.807) is 21.3 Å². The van der Waals surface area contributed by atoms with Crippen molar-refractivity contribution in [2.45, 2.75) is 26.7 Å². The molecule has 0 fully saturated rings.